The highest BCUT2D eigenvalue weighted by Crippen LogP contribution is 2.26. The summed E-state index contributed by atoms with van der Waals surface area (Å²) in [7, 11) is 2.90. The van der Waals surface area contributed by atoms with Gasteiger partial charge in [-0.25, -0.2) is 0 Å². The van der Waals surface area contributed by atoms with Crippen molar-refractivity contribution in [2.24, 2.45) is 0 Å². The normalized spacial score (nSPS) is 11.1. The molecule has 1 aromatic rings. The smallest absolute Gasteiger partial charge is 0.0210 e. The monoisotopic (exact) mass is 208 g/mol. The Hall–Kier alpha value is -0.350. The molecule has 1 unspecified atom stereocenters. The Balaban J connectivity index is 3.60. The third kappa shape index (κ3) is 1.73. The molecule has 0 aliphatic rings. The van der Waals surface area contributed by atoms with Crippen molar-refractivity contribution >= 4 is 14.5 Å². The molecular weight excluding hydrogens is 187 g/mol. The van der Waals surface area contributed by atoms with Crippen LogP contribution in [0.5, 0.6) is 0 Å². The molecule has 0 saturated carbocycles. The Kier molecular flexibility index (Phi) is 3.37. The zero-order valence-electron chi connectivity index (χ0n) is 10.2. The topological polar surface area (TPSA) is 0 Å². The van der Waals surface area contributed by atoms with Gasteiger partial charge in [0.05, 0.1) is 0 Å². The lowest BCUT2D eigenvalue weighted by atomic mass is 9.89. The summed E-state index contributed by atoms with van der Waals surface area (Å²) in [6.45, 7) is 13.4. The van der Waals surface area contributed by atoms with E-state index >= 15 is 0 Å². The van der Waals surface area contributed by atoms with Gasteiger partial charge in [0.25, 0.3) is 0 Å². The number of hydrogen-bond acceptors (Lipinski definition) is 0. The lowest BCUT2D eigenvalue weighted by Crippen LogP contribution is -2.14. The van der Waals surface area contributed by atoms with Gasteiger partial charge in [0.1, 0.15) is 0 Å². The molecule has 0 saturated heterocycles. The number of rotatable bonds is 1. The molecule has 0 spiro atoms. The van der Waals surface area contributed by atoms with Crippen LogP contribution < -0.4 is 5.30 Å². The fourth-order valence-corrected chi connectivity index (χ4v) is 2.88. The van der Waals surface area contributed by atoms with Gasteiger partial charge in [-0.1, -0.05) is 13.8 Å². The molecule has 1 atom stereocenters. The van der Waals surface area contributed by atoms with Crippen LogP contribution in [0.2, 0.25) is 0 Å². The predicted molar refractivity (Wildman–Crippen MR) is 68.8 cm³/mol. The highest BCUT2D eigenvalue weighted by Gasteiger charge is 2.14. The van der Waals surface area contributed by atoms with Crippen LogP contribution in [0.1, 0.15) is 47.6 Å². The third-order valence-electron chi connectivity index (χ3n) is 3.36. The summed E-state index contributed by atoms with van der Waals surface area (Å²) in [5.41, 5.74) is 7.31. The minimum atomic E-state index is 0.612. The van der Waals surface area contributed by atoms with E-state index in [1.807, 2.05) is 0 Å². The Bertz CT molecular complexity index is 333. The summed E-state index contributed by atoms with van der Waals surface area (Å²) >= 11 is 0. The first-order valence-electron chi connectivity index (χ1n) is 5.23. The van der Waals surface area contributed by atoms with Crippen molar-refractivity contribution < 1.29 is 0 Å². The van der Waals surface area contributed by atoms with E-state index in [0.717, 1.165) is 0 Å². The van der Waals surface area contributed by atoms with Gasteiger partial charge in [0.15, 0.2) is 0 Å². The van der Waals surface area contributed by atoms with Crippen LogP contribution in [-0.2, 0) is 0 Å². The van der Waals surface area contributed by atoms with Crippen LogP contribution in [-0.4, -0.2) is 0 Å². The summed E-state index contributed by atoms with van der Waals surface area (Å²) in [4.78, 5) is 0. The zero-order valence-corrected chi connectivity index (χ0v) is 11.3. The minimum absolute atomic E-state index is 0.612. The van der Waals surface area contributed by atoms with Gasteiger partial charge in [-0.15, -0.1) is 9.24 Å². The lowest BCUT2D eigenvalue weighted by Gasteiger charge is -2.20. The highest BCUT2D eigenvalue weighted by molar-refractivity contribution is 7.27. The molecule has 0 N–H and O–H groups in total. The van der Waals surface area contributed by atoms with Gasteiger partial charge in [-0.2, -0.15) is 0 Å². The van der Waals surface area contributed by atoms with Crippen molar-refractivity contribution in [1.29, 1.82) is 0 Å². The van der Waals surface area contributed by atoms with Gasteiger partial charge in [0.2, 0.25) is 0 Å². The van der Waals surface area contributed by atoms with Crippen molar-refractivity contribution in [3.63, 3.8) is 0 Å². The van der Waals surface area contributed by atoms with Gasteiger partial charge >= 0.3 is 0 Å². The highest BCUT2D eigenvalue weighted by atomic mass is 31.0. The van der Waals surface area contributed by atoms with Crippen LogP contribution in [0.25, 0.3) is 0 Å². The second-order valence-electron chi connectivity index (χ2n) is 4.48. The molecule has 1 heteroatoms. The summed E-state index contributed by atoms with van der Waals surface area (Å²) in [5, 5.41) is 1.40. The molecule has 0 aliphatic heterocycles. The van der Waals surface area contributed by atoms with Gasteiger partial charge in [-0.3, -0.25) is 0 Å². The van der Waals surface area contributed by atoms with Gasteiger partial charge < -0.3 is 0 Å². The van der Waals surface area contributed by atoms with Crippen LogP contribution in [0.15, 0.2) is 0 Å². The molecular formula is C13H21P. The van der Waals surface area contributed by atoms with Crippen molar-refractivity contribution in [2.75, 3.05) is 0 Å². The summed E-state index contributed by atoms with van der Waals surface area (Å²) in [6, 6.07) is 0. The standard InChI is InChI=1S/C13H21P/c1-7(2)12-10(5)8(3)9(4)11(6)13(12)14/h7H,14H2,1-6H3. The molecule has 0 fully saturated rings. The van der Waals surface area contributed by atoms with Crippen LogP contribution in [0, 0.1) is 27.7 Å². The zero-order chi connectivity index (χ0) is 11.0. The van der Waals surface area contributed by atoms with Crippen LogP contribution in [0.4, 0.5) is 0 Å². The van der Waals surface area contributed by atoms with E-state index < -0.39 is 0 Å². The molecule has 0 nitrogen and oxygen atoms in total. The average Bonchev–Trinajstić information content (AvgIpc) is 2.11. The van der Waals surface area contributed by atoms with E-state index in [1.54, 1.807) is 0 Å². The van der Waals surface area contributed by atoms with E-state index in [1.165, 1.54) is 33.1 Å². The summed E-state index contributed by atoms with van der Waals surface area (Å²) in [6.07, 6.45) is 0. The van der Waals surface area contributed by atoms with E-state index in [0.29, 0.717) is 5.92 Å². The Labute approximate surface area is 90.3 Å². The molecule has 0 bridgehead atoms. The Morgan fingerprint density at radius 1 is 0.786 bits per heavy atom. The van der Waals surface area contributed by atoms with Crippen LogP contribution >= 0.6 is 9.24 Å². The largest absolute Gasteiger partial charge is 0.105 e. The molecule has 14 heavy (non-hydrogen) atoms. The second-order valence-corrected chi connectivity index (χ2v) is 5.06. The molecule has 0 aliphatic carbocycles. The maximum absolute atomic E-state index is 2.90. The number of benzene rings is 1. The average molecular weight is 208 g/mol. The molecule has 0 heterocycles. The van der Waals surface area contributed by atoms with E-state index in [-0.39, 0.29) is 0 Å². The molecule has 0 amide bonds. The quantitative estimate of drug-likeness (QED) is 0.619. The summed E-state index contributed by atoms with van der Waals surface area (Å²) < 4.78 is 0. The first kappa shape index (κ1) is 11.7. The Morgan fingerprint density at radius 2 is 1.21 bits per heavy atom. The number of hydrogen-bond donors (Lipinski definition) is 0. The van der Waals surface area contributed by atoms with Gasteiger partial charge in [0, 0.05) is 0 Å². The maximum atomic E-state index is 2.90. The molecule has 0 radical (unpaired) electrons. The van der Waals surface area contributed by atoms with Crippen molar-refractivity contribution in [3.8, 4) is 0 Å². The molecule has 78 valence electrons. The second kappa shape index (κ2) is 4.03. The lowest BCUT2D eigenvalue weighted by molar-refractivity contribution is 0.858. The fourth-order valence-electron chi connectivity index (χ4n) is 2.11. The predicted octanol–water partition coefficient (Wildman–Crippen LogP) is 3.54. The van der Waals surface area contributed by atoms with E-state index in [2.05, 4.69) is 50.8 Å². The first-order chi connectivity index (χ1) is 6.37. The SMILES string of the molecule is Cc1c(C)c(C)c(C(C)C)c(P)c1C. The molecule has 1 rings (SSSR count). The van der Waals surface area contributed by atoms with E-state index in [4.69, 9.17) is 0 Å². The van der Waals surface area contributed by atoms with Crippen molar-refractivity contribution in [3.05, 3.63) is 27.8 Å². The maximum Gasteiger partial charge on any atom is -0.0210 e. The van der Waals surface area contributed by atoms with Crippen molar-refractivity contribution in [2.45, 2.75) is 47.5 Å². The van der Waals surface area contributed by atoms with E-state index in [9.17, 15) is 0 Å². The third-order valence-corrected chi connectivity index (χ3v) is 4.11. The Morgan fingerprint density at radius 3 is 1.64 bits per heavy atom. The first-order valence-corrected chi connectivity index (χ1v) is 5.81. The summed E-state index contributed by atoms with van der Waals surface area (Å²) in [5.74, 6) is 0.612. The van der Waals surface area contributed by atoms with Crippen LogP contribution in [0.3, 0.4) is 0 Å². The molecule has 1 aromatic carbocycles. The fraction of sp³-hybridized carbons (Fsp3) is 0.538. The minimum Gasteiger partial charge on any atom is -0.105 e. The van der Waals surface area contributed by atoms with Gasteiger partial charge in [-0.05, 0) is 66.7 Å². The van der Waals surface area contributed by atoms with Crippen molar-refractivity contribution in [1.82, 2.24) is 0 Å². The molecule has 0 aromatic heterocycles.